The van der Waals surface area contributed by atoms with Crippen molar-refractivity contribution in [1.29, 1.82) is 0 Å². The van der Waals surface area contributed by atoms with Gasteiger partial charge in [-0.3, -0.25) is 4.79 Å². The molecule has 0 aromatic heterocycles. The molecule has 1 heterocycles. The van der Waals surface area contributed by atoms with Crippen molar-refractivity contribution in [3.63, 3.8) is 0 Å². The molecule has 0 radical (unpaired) electrons. The lowest BCUT2D eigenvalue weighted by molar-refractivity contribution is -0.133. The average Bonchev–Trinajstić information content (AvgIpc) is 3.26. The second kappa shape index (κ2) is 6.40. The number of carbonyl (C=O) groups is 1. The summed E-state index contributed by atoms with van der Waals surface area (Å²) in [5.41, 5.74) is 1.20. The Hall–Kier alpha value is -1.06. The summed E-state index contributed by atoms with van der Waals surface area (Å²) < 4.78 is 0. The molecule has 3 nitrogen and oxygen atoms in total. The molecule has 104 valence electrons. The largest absolute Gasteiger partial charge is 0.340 e. The van der Waals surface area contributed by atoms with Gasteiger partial charge in [-0.25, -0.2) is 0 Å². The van der Waals surface area contributed by atoms with Gasteiger partial charge in [0.1, 0.15) is 0 Å². The molecule has 1 aliphatic carbocycles. The van der Waals surface area contributed by atoms with Crippen LogP contribution in [0.25, 0.3) is 0 Å². The van der Waals surface area contributed by atoms with Crippen LogP contribution in [0.2, 0.25) is 0 Å². The molecular formula is C15H21ClN2O. The zero-order valence-electron chi connectivity index (χ0n) is 11.0. The molecule has 1 N–H and O–H groups in total. The molecule has 4 heteroatoms. The van der Waals surface area contributed by atoms with Crippen LogP contribution in [0, 0.1) is 5.92 Å². The predicted molar refractivity (Wildman–Crippen MR) is 78.6 cm³/mol. The standard InChI is InChI=1S/C15H20N2O.ClH/c18-15(17-10-8-16-9-11-17)14(13-6-7-13)12-4-2-1-3-5-12;/h1-5,13-14,16H,6-11H2;1H. The SMILES string of the molecule is Cl.O=C(C(c1ccccc1)C1CC1)N1CCNCC1. The smallest absolute Gasteiger partial charge is 0.230 e. The van der Waals surface area contributed by atoms with Crippen molar-refractivity contribution in [1.82, 2.24) is 10.2 Å². The molecule has 19 heavy (non-hydrogen) atoms. The van der Waals surface area contributed by atoms with E-state index in [-0.39, 0.29) is 18.3 Å². The van der Waals surface area contributed by atoms with E-state index in [4.69, 9.17) is 0 Å². The Morgan fingerprint density at radius 1 is 1.16 bits per heavy atom. The minimum absolute atomic E-state index is 0. The van der Waals surface area contributed by atoms with Crippen molar-refractivity contribution in [2.24, 2.45) is 5.92 Å². The molecule has 2 aliphatic rings. The molecule has 3 rings (SSSR count). The second-order valence-electron chi connectivity index (χ2n) is 5.30. The van der Waals surface area contributed by atoms with Crippen LogP contribution in [0.1, 0.15) is 24.3 Å². The number of piperazine rings is 1. The molecular weight excluding hydrogens is 260 g/mol. The summed E-state index contributed by atoms with van der Waals surface area (Å²) in [5, 5.41) is 3.30. The third-order valence-electron chi connectivity index (χ3n) is 3.95. The summed E-state index contributed by atoms with van der Waals surface area (Å²) >= 11 is 0. The summed E-state index contributed by atoms with van der Waals surface area (Å²) in [4.78, 5) is 14.7. The second-order valence-corrected chi connectivity index (χ2v) is 5.30. The first kappa shape index (κ1) is 14.4. The highest BCUT2D eigenvalue weighted by atomic mass is 35.5. The van der Waals surface area contributed by atoms with Gasteiger partial charge in [0.25, 0.3) is 0 Å². The van der Waals surface area contributed by atoms with Crippen molar-refractivity contribution in [2.75, 3.05) is 26.2 Å². The summed E-state index contributed by atoms with van der Waals surface area (Å²) in [7, 11) is 0. The molecule has 1 aliphatic heterocycles. The van der Waals surface area contributed by atoms with Gasteiger partial charge in [-0.05, 0) is 24.3 Å². The van der Waals surface area contributed by atoms with E-state index in [1.54, 1.807) is 0 Å². The van der Waals surface area contributed by atoms with E-state index >= 15 is 0 Å². The van der Waals surface area contributed by atoms with Crippen LogP contribution in [-0.2, 0) is 4.79 Å². The van der Waals surface area contributed by atoms with Gasteiger partial charge in [-0.15, -0.1) is 12.4 Å². The Labute approximate surface area is 120 Å². The molecule has 1 saturated heterocycles. The number of carbonyl (C=O) groups excluding carboxylic acids is 1. The highest BCUT2D eigenvalue weighted by Crippen LogP contribution is 2.43. The molecule has 0 spiro atoms. The molecule has 0 bridgehead atoms. The number of halogens is 1. The lowest BCUT2D eigenvalue weighted by Crippen LogP contribution is -2.48. The Morgan fingerprint density at radius 2 is 1.79 bits per heavy atom. The van der Waals surface area contributed by atoms with E-state index in [1.165, 1.54) is 18.4 Å². The monoisotopic (exact) mass is 280 g/mol. The minimum atomic E-state index is 0. The highest BCUT2D eigenvalue weighted by Gasteiger charge is 2.39. The lowest BCUT2D eigenvalue weighted by atomic mass is 9.92. The van der Waals surface area contributed by atoms with Crippen molar-refractivity contribution in [3.05, 3.63) is 35.9 Å². The fraction of sp³-hybridized carbons (Fsp3) is 0.533. The molecule has 1 unspecified atom stereocenters. The van der Waals surface area contributed by atoms with Crippen molar-refractivity contribution < 1.29 is 4.79 Å². The predicted octanol–water partition coefficient (Wildman–Crippen LogP) is 2.03. The number of hydrogen-bond acceptors (Lipinski definition) is 2. The number of hydrogen-bond donors (Lipinski definition) is 1. The number of amides is 1. The van der Waals surface area contributed by atoms with Crippen molar-refractivity contribution in [3.8, 4) is 0 Å². The highest BCUT2D eigenvalue weighted by molar-refractivity contribution is 5.85. The quantitative estimate of drug-likeness (QED) is 0.919. The Bertz CT molecular complexity index is 413. The van der Waals surface area contributed by atoms with Crippen LogP contribution in [0.5, 0.6) is 0 Å². The third kappa shape index (κ3) is 3.28. The molecule has 2 fully saturated rings. The number of nitrogens with zero attached hydrogens (tertiary/aromatic N) is 1. The van der Waals surface area contributed by atoms with E-state index in [1.807, 2.05) is 23.1 Å². The molecule has 1 aromatic rings. The fourth-order valence-corrected chi connectivity index (χ4v) is 2.79. The van der Waals surface area contributed by atoms with E-state index in [9.17, 15) is 4.79 Å². The number of nitrogens with one attached hydrogen (secondary N) is 1. The first-order chi connectivity index (χ1) is 8.86. The maximum absolute atomic E-state index is 12.7. The summed E-state index contributed by atoms with van der Waals surface area (Å²) in [6.07, 6.45) is 2.41. The lowest BCUT2D eigenvalue weighted by Gasteiger charge is -2.31. The molecule has 1 saturated carbocycles. The number of rotatable bonds is 3. The van der Waals surface area contributed by atoms with Gasteiger partial charge in [0.05, 0.1) is 5.92 Å². The van der Waals surface area contributed by atoms with Crippen LogP contribution in [0.15, 0.2) is 30.3 Å². The van der Waals surface area contributed by atoms with Gasteiger partial charge in [0, 0.05) is 26.2 Å². The van der Waals surface area contributed by atoms with Gasteiger partial charge in [-0.2, -0.15) is 0 Å². The summed E-state index contributed by atoms with van der Waals surface area (Å²) in [6.45, 7) is 3.57. The normalized spacial score (nSPS) is 20.5. The van der Waals surface area contributed by atoms with Gasteiger partial charge < -0.3 is 10.2 Å². The van der Waals surface area contributed by atoms with Crippen LogP contribution in [0.3, 0.4) is 0 Å². The Morgan fingerprint density at radius 3 is 2.37 bits per heavy atom. The zero-order chi connectivity index (χ0) is 12.4. The Kier molecular flexibility index (Phi) is 4.83. The van der Waals surface area contributed by atoms with Gasteiger partial charge in [-0.1, -0.05) is 30.3 Å². The van der Waals surface area contributed by atoms with Crippen LogP contribution in [0.4, 0.5) is 0 Å². The molecule has 1 amide bonds. The first-order valence-electron chi connectivity index (χ1n) is 6.91. The summed E-state index contributed by atoms with van der Waals surface area (Å²) in [5.74, 6) is 1.02. The van der Waals surface area contributed by atoms with Crippen LogP contribution >= 0.6 is 12.4 Å². The average molecular weight is 281 g/mol. The van der Waals surface area contributed by atoms with Gasteiger partial charge in [0.15, 0.2) is 0 Å². The zero-order valence-corrected chi connectivity index (χ0v) is 11.9. The molecule has 1 aromatic carbocycles. The van der Waals surface area contributed by atoms with E-state index in [0.717, 1.165) is 26.2 Å². The van der Waals surface area contributed by atoms with E-state index in [0.29, 0.717) is 11.8 Å². The number of benzene rings is 1. The van der Waals surface area contributed by atoms with Gasteiger partial charge in [0.2, 0.25) is 5.91 Å². The first-order valence-corrected chi connectivity index (χ1v) is 6.91. The fourth-order valence-electron chi connectivity index (χ4n) is 2.79. The Balaban J connectivity index is 0.00000133. The van der Waals surface area contributed by atoms with Crippen LogP contribution in [-0.4, -0.2) is 37.0 Å². The maximum atomic E-state index is 12.7. The third-order valence-corrected chi connectivity index (χ3v) is 3.95. The van der Waals surface area contributed by atoms with E-state index in [2.05, 4.69) is 17.4 Å². The van der Waals surface area contributed by atoms with Crippen molar-refractivity contribution in [2.45, 2.75) is 18.8 Å². The molecule has 1 atom stereocenters. The topological polar surface area (TPSA) is 32.3 Å². The van der Waals surface area contributed by atoms with Crippen LogP contribution < -0.4 is 5.32 Å². The summed E-state index contributed by atoms with van der Waals surface area (Å²) in [6, 6.07) is 10.3. The van der Waals surface area contributed by atoms with Crippen molar-refractivity contribution >= 4 is 18.3 Å². The van der Waals surface area contributed by atoms with E-state index < -0.39 is 0 Å². The maximum Gasteiger partial charge on any atom is 0.230 e. The van der Waals surface area contributed by atoms with Gasteiger partial charge >= 0.3 is 0 Å². The minimum Gasteiger partial charge on any atom is -0.340 e.